The molecule has 0 aromatic heterocycles. The summed E-state index contributed by atoms with van der Waals surface area (Å²) in [7, 11) is 0. The fourth-order valence-electron chi connectivity index (χ4n) is 2.57. The average molecular weight is 387 g/mol. The minimum absolute atomic E-state index is 0.0244. The van der Waals surface area contributed by atoms with Gasteiger partial charge in [0.1, 0.15) is 6.54 Å². The smallest absolute Gasteiger partial charge is 0.255 e. The molecular weight excluding hydrogens is 364 g/mol. The Balaban J connectivity index is 2.32. The van der Waals surface area contributed by atoms with Gasteiger partial charge < -0.3 is 14.4 Å². The predicted molar refractivity (Wildman–Crippen MR) is 105 cm³/mol. The van der Waals surface area contributed by atoms with Crippen molar-refractivity contribution in [3.63, 3.8) is 0 Å². The zero-order valence-electron chi connectivity index (χ0n) is 15.6. The number of benzene rings is 2. The van der Waals surface area contributed by atoms with Crippen LogP contribution in [0.1, 0.15) is 36.2 Å². The summed E-state index contributed by atoms with van der Waals surface area (Å²) >= 11 is 6.35. The third-order valence-electron chi connectivity index (χ3n) is 3.77. The van der Waals surface area contributed by atoms with Gasteiger partial charge >= 0.3 is 0 Å². The summed E-state index contributed by atoms with van der Waals surface area (Å²) in [5, 5.41) is 9.44. The van der Waals surface area contributed by atoms with E-state index < -0.39 is 0 Å². The summed E-state index contributed by atoms with van der Waals surface area (Å²) in [5.41, 5.74) is 1.30. The highest BCUT2D eigenvalue weighted by Crippen LogP contribution is 2.37. The molecule has 0 bridgehead atoms. The molecule has 0 atom stereocenters. The van der Waals surface area contributed by atoms with E-state index in [1.54, 1.807) is 12.1 Å². The van der Waals surface area contributed by atoms with Crippen molar-refractivity contribution >= 4 is 17.5 Å². The van der Waals surface area contributed by atoms with E-state index in [0.29, 0.717) is 41.8 Å². The largest absolute Gasteiger partial charge is 0.490 e. The van der Waals surface area contributed by atoms with Gasteiger partial charge in [0.25, 0.3) is 5.91 Å². The fraction of sp³-hybridized carbons (Fsp3) is 0.333. The van der Waals surface area contributed by atoms with Gasteiger partial charge in [-0.3, -0.25) is 4.79 Å². The fourth-order valence-corrected chi connectivity index (χ4v) is 2.84. The second-order valence-corrected chi connectivity index (χ2v) is 6.28. The molecule has 6 heteroatoms. The highest BCUT2D eigenvalue weighted by molar-refractivity contribution is 6.32. The number of halogens is 1. The number of rotatable bonds is 9. The standard InChI is InChI=1S/C21H23ClN2O3/c1-3-12-27-20-18(22)13-17(14-19(20)26-4-2)21(25)24(11-10-23)15-16-8-6-5-7-9-16/h5-9,13-14H,3-4,11-12,15H2,1-2H3. The van der Waals surface area contributed by atoms with E-state index >= 15 is 0 Å². The van der Waals surface area contributed by atoms with Crippen LogP contribution < -0.4 is 9.47 Å². The van der Waals surface area contributed by atoms with E-state index in [0.717, 1.165) is 12.0 Å². The summed E-state index contributed by atoms with van der Waals surface area (Å²) in [5.74, 6) is 0.579. The number of hydrogen-bond acceptors (Lipinski definition) is 4. The summed E-state index contributed by atoms with van der Waals surface area (Å²) in [4.78, 5) is 14.5. The van der Waals surface area contributed by atoms with Gasteiger partial charge in [0, 0.05) is 12.1 Å². The lowest BCUT2D eigenvalue weighted by molar-refractivity contribution is 0.0764. The van der Waals surface area contributed by atoms with Crippen molar-refractivity contribution in [2.24, 2.45) is 0 Å². The van der Waals surface area contributed by atoms with Crippen LogP contribution in [0.2, 0.25) is 5.02 Å². The second-order valence-electron chi connectivity index (χ2n) is 5.87. The van der Waals surface area contributed by atoms with Gasteiger partial charge in [-0.25, -0.2) is 0 Å². The molecule has 2 aromatic rings. The lowest BCUT2D eigenvalue weighted by Crippen LogP contribution is -2.31. The van der Waals surface area contributed by atoms with Gasteiger partial charge in [0.2, 0.25) is 0 Å². The maximum atomic E-state index is 13.0. The number of hydrogen-bond donors (Lipinski definition) is 0. The highest BCUT2D eigenvalue weighted by atomic mass is 35.5. The number of amides is 1. The van der Waals surface area contributed by atoms with Gasteiger partial charge in [-0.1, -0.05) is 48.9 Å². The number of nitriles is 1. The van der Waals surface area contributed by atoms with Crippen LogP contribution in [-0.2, 0) is 6.54 Å². The van der Waals surface area contributed by atoms with Crippen LogP contribution in [0.15, 0.2) is 42.5 Å². The number of nitrogens with zero attached hydrogens (tertiary/aromatic N) is 2. The summed E-state index contributed by atoms with van der Waals surface area (Å²) < 4.78 is 11.3. The molecule has 27 heavy (non-hydrogen) atoms. The molecular formula is C21H23ClN2O3. The summed E-state index contributed by atoms with van der Waals surface area (Å²) in [6.45, 7) is 5.08. The Bertz CT molecular complexity index is 803. The zero-order chi connectivity index (χ0) is 19.6. The van der Waals surface area contributed by atoms with Crippen molar-refractivity contribution < 1.29 is 14.3 Å². The number of carbonyl (C=O) groups is 1. The quantitative estimate of drug-likeness (QED) is 0.586. The third-order valence-corrected chi connectivity index (χ3v) is 4.05. The third kappa shape index (κ3) is 5.63. The Morgan fingerprint density at radius 2 is 1.93 bits per heavy atom. The maximum absolute atomic E-state index is 13.0. The molecule has 0 heterocycles. The van der Waals surface area contributed by atoms with Gasteiger partial charge in [-0.15, -0.1) is 0 Å². The Kier molecular flexibility index (Phi) is 7.97. The topological polar surface area (TPSA) is 62.6 Å². The number of carbonyl (C=O) groups excluding carboxylic acids is 1. The van der Waals surface area contributed by atoms with Gasteiger partial charge in [-0.2, -0.15) is 5.26 Å². The molecule has 0 spiro atoms. The van der Waals surface area contributed by atoms with Crippen LogP contribution in [0, 0.1) is 11.3 Å². The van der Waals surface area contributed by atoms with E-state index in [1.807, 2.05) is 50.2 Å². The van der Waals surface area contributed by atoms with Crippen molar-refractivity contribution in [3.8, 4) is 17.6 Å². The van der Waals surface area contributed by atoms with Gasteiger partial charge in [0.05, 0.1) is 24.3 Å². The first kappa shape index (κ1) is 20.6. The molecule has 0 N–H and O–H groups in total. The molecule has 0 unspecified atom stereocenters. The monoisotopic (exact) mass is 386 g/mol. The summed E-state index contributed by atoms with van der Waals surface area (Å²) in [6.07, 6.45) is 0.829. The van der Waals surface area contributed by atoms with Crippen molar-refractivity contribution in [1.82, 2.24) is 4.90 Å². The maximum Gasteiger partial charge on any atom is 0.255 e. The normalized spacial score (nSPS) is 10.1. The van der Waals surface area contributed by atoms with Crippen LogP contribution in [-0.4, -0.2) is 30.6 Å². The molecule has 142 valence electrons. The molecule has 0 radical (unpaired) electrons. The molecule has 0 aliphatic rings. The van der Waals surface area contributed by atoms with Crippen LogP contribution in [0.4, 0.5) is 0 Å². The minimum Gasteiger partial charge on any atom is -0.490 e. The van der Waals surface area contributed by atoms with E-state index in [-0.39, 0.29) is 12.5 Å². The van der Waals surface area contributed by atoms with Crippen LogP contribution in [0.25, 0.3) is 0 Å². The Morgan fingerprint density at radius 1 is 1.19 bits per heavy atom. The lowest BCUT2D eigenvalue weighted by atomic mass is 10.1. The van der Waals surface area contributed by atoms with Crippen molar-refractivity contribution in [2.75, 3.05) is 19.8 Å². The Hall–Kier alpha value is -2.71. The second kappa shape index (κ2) is 10.4. The minimum atomic E-state index is -0.287. The molecule has 0 aliphatic heterocycles. The molecule has 2 rings (SSSR count). The predicted octanol–water partition coefficient (Wildman–Crippen LogP) is 4.69. The van der Waals surface area contributed by atoms with E-state index in [2.05, 4.69) is 0 Å². The van der Waals surface area contributed by atoms with Gasteiger partial charge in [0.15, 0.2) is 11.5 Å². The van der Waals surface area contributed by atoms with E-state index in [4.69, 9.17) is 26.3 Å². The summed E-state index contributed by atoms with van der Waals surface area (Å²) in [6, 6.07) is 14.8. The molecule has 1 amide bonds. The molecule has 0 saturated carbocycles. The van der Waals surface area contributed by atoms with Crippen LogP contribution >= 0.6 is 11.6 Å². The molecule has 5 nitrogen and oxygen atoms in total. The average Bonchev–Trinajstić information content (AvgIpc) is 2.67. The van der Waals surface area contributed by atoms with E-state index in [9.17, 15) is 4.79 Å². The van der Waals surface area contributed by atoms with Crippen LogP contribution in [0.3, 0.4) is 0 Å². The Morgan fingerprint density at radius 3 is 2.56 bits per heavy atom. The Labute approximate surface area is 165 Å². The first-order valence-corrected chi connectivity index (χ1v) is 9.27. The van der Waals surface area contributed by atoms with Crippen molar-refractivity contribution in [3.05, 3.63) is 58.6 Å². The molecule has 2 aromatic carbocycles. The van der Waals surface area contributed by atoms with Crippen molar-refractivity contribution in [2.45, 2.75) is 26.8 Å². The first-order chi connectivity index (χ1) is 13.1. The van der Waals surface area contributed by atoms with Crippen LogP contribution in [0.5, 0.6) is 11.5 Å². The zero-order valence-corrected chi connectivity index (χ0v) is 16.3. The van der Waals surface area contributed by atoms with Gasteiger partial charge in [-0.05, 0) is 31.0 Å². The molecule has 0 aliphatic carbocycles. The highest BCUT2D eigenvalue weighted by Gasteiger charge is 2.21. The number of ether oxygens (including phenoxy) is 2. The van der Waals surface area contributed by atoms with E-state index in [1.165, 1.54) is 4.90 Å². The van der Waals surface area contributed by atoms with Crippen molar-refractivity contribution in [1.29, 1.82) is 5.26 Å². The lowest BCUT2D eigenvalue weighted by Gasteiger charge is -2.21. The molecule has 0 saturated heterocycles. The molecule has 0 fully saturated rings. The SMILES string of the molecule is CCCOc1c(Cl)cc(C(=O)N(CC#N)Cc2ccccc2)cc1OCC. The first-order valence-electron chi connectivity index (χ1n) is 8.90.